The topological polar surface area (TPSA) is 28.7 Å². The normalized spacial score (nSPS) is 11.0. The van der Waals surface area contributed by atoms with Crippen molar-refractivity contribution in [1.29, 1.82) is 0 Å². The number of imidazole rings is 1. The highest BCUT2D eigenvalue weighted by Gasteiger charge is 2.05. The highest BCUT2D eigenvalue weighted by molar-refractivity contribution is 7.98. The van der Waals surface area contributed by atoms with E-state index < -0.39 is 0 Å². The molecule has 0 aliphatic carbocycles. The molecule has 90 valence electrons. The summed E-state index contributed by atoms with van der Waals surface area (Å²) in [6.07, 6.45) is 2.08. The van der Waals surface area contributed by atoms with Crippen LogP contribution >= 0.6 is 11.8 Å². The second-order valence-electron chi connectivity index (χ2n) is 4.33. The molecule has 0 bridgehead atoms. The summed E-state index contributed by atoms with van der Waals surface area (Å²) in [6, 6.07) is 14.7. The Bertz CT molecular complexity index is 683. The lowest BCUT2D eigenvalue weighted by Crippen LogP contribution is -1.79. The first-order chi connectivity index (χ1) is 8.76. The first-order valence-electron chi connectivity index (χ1n) is 5.87. The highest BCUT2D eigenvalue weighted by atomic mass is 32.2. The van der Waals surface area contributed by atoms with Gasteiger partial charge in [0.1, 0.15) is 5.82 Å². The summed E-state index contributed by atoms with van der Waals surface area (Å²) in [5.41, 5.74) is 4.49. The average Bonchev–Trinajstić information content (AvgIpc) is 2.81. The van der Waals surface area contributed by atoms with Crippen LogP contribution in [0.1, 0.15) is 5.56 Å². The van der Waals surface area contributed by atoms with E-state index in [1.807, 2.05) is 0 Å². The molecule has 1 N–H and O–H groups in total. The highest BCUT2D eigenvalue weighted by Crippen LogP contribution is 2.23. The van der Waals surface area contributed by atoms with E-state index in [1.54, 1.807) is 11.8 Å². The number of rotatable bonds is 2. The lowest BCUT2D eigenvalue weighted by molar-refractivity contribution is 1.32. The minimum atomic E-state index is 0.934. The van der Waals surface area contributed by atoms with Crippen LogP contribution in [-0.2, 0) is 0 Å². The minimum Gasteiger partial charge on any atom is -0.338 e. The molecule has 0 amide bonds. The minimum absolute atomic E-state index is 0.934. The van der Waals surface area contributed by atoms with Gasteiger partial charge in [-0.15, -0.1) is 11.8 Å². The molecule has 2 aromatic carbocycles. The molecule has 0 aliphatic rings. The molecule has 3 rings (SSSR count). The number of thioether (sulfide) groups is 1. The van der Waals surface area contributed by atoms with Crippen LogP contribution in [0, 0.1) is 6.92 Å². The molecule has 0 unspecified atom stereocenters. The molecule has 3 aromatic rings. The maximum absolute atomic E-state index is 4.62. The second-order valence-corrected chi connectivity index (χ2v) is 5.21. The molecule has 3 heteroatoms. The second kappa shape index (κ2) is 4.50. The van der Waals surface area contributed by atoms with Gasteiger partial charge in [-0.3, -0.25) is 0 Å². The van der Waals surface area contributed by atoms with Gasteiger partial charge in [0.25, 0.3) is 0 Å². The van der Waals surface area contributed by atoms with Crippen LogP contribution < -0.4 is 0 Å². The Morgan fingerprint density at radius 1 is 1.06 bits per heavy atom. The summed E-state index contributed by atoms with van der Waals surface area (Å²) in [5, 5.41) is 0. The van der Waals surface area contributed by atoms with Crippen LogP contribution in [0.5, 0.6) is 0 Å². The van der Waals surface area contributed by atoms with Crippen molar-refractivity contribution in [3.63, 3.8) is 0 Å². The van der Waals surface area contributed by atoms with E-state index >= 15 is 0 Å². The lowest BCUT2D eigenvalue weighted by Gasteiger charge is -1.98. The number of hydrogen-bond donors (Lipinski definition) is 1. The standard InChI is InChI=1S/C15H14N2S/c1-10-3-8-13-14(9-10)17-15(16-13)11-4-6-12(18-2)7-5-11/h3-9H,1-2H3,(H,16,17). The number of benzene rings is 2. The first-order valence-corrected chi connectivity index (χ1v) is 7.09. The predicted octanol–water partition coefficient (Wildman–Crippen LogP) is 4.26. The van der Waals surface area contributed by atoms with Crippen LogP contribution in [-0.4, -0.2) is 16.2 Å². The van der Waals surface area contributed by atoms with Gasteiger partial charge < -0.3 is 4.98 Å². The number of fused-ring (bicyclic) bond motifs is 1. The van der Waals surface area contributed by atoms with Gasteiger partial charge >= 0.3 is 0 Å². The van der Waals surface area contributed by atoms with E-state index in [0.717, 1.165) is 22.4 Å². The van der Waals surface area contributed by atoms with Gasteiger partial charge in [-0.2, -0.15) is 0 Å². The van der Waals surface area contributed by atoms with Gasteiger partial charge in [-0.05, 0) is 43.0 Å². The van der Waals surface area contributed by atoms with Crippen LogP contribution in [0.15, 0.2) is 47.4 Å². The van der Waals surface area contributed by atoms with E-state index in [1.165, 1.54) is 10.5 Å². The van der Waals surface area contributed by atoms with Crippen molar-refractivity contribution >= 4 is 22.8 Å². The third kappa shape index (κ3) is 2.02. The van der Waals surface area contributed by atoms with Crippen molar-refractivity contribution in [2.75, 3.05) is 6.26 Å². The zero-order valence-corrected chi connectivity index (χ0v) is 11.2. The fourth-order valence-electron chi connectivity index (χ4n) is 2.01. The Morgan fingerprint density at radius 2 is 1.83 bits per heavy atom. The molecule has 0 spiro atoms. The van der Waals surface area contributed by atoms with Gasteiger partial charge in [-0.1, -0.05) is 18.2 Å². The van der Waals surface area contributed by atoms with Crippen molar-refractivity contribution < 1.29 is 0 Å². The van der Waals surface area contributed by atoms with Crippen LogP contribution in [0.25, 0.3) is 22.4 Å². The van der Waals surface area contributed by atoms with Crippen LogP contribution in [0.4, 0.5) is 0 Å². The Balaban J connectivity index is 2.07. The molecule has 0 saturated carbocycles. The van der Waals surface area contributed by atoms with E-state index in [9.17, 15) is 0 Å². The third-order valence-corrected chi connectivity index (χ3v) is 3.74. The molecule has 1 heterocycles. The molecular weight excluding hydrogens is 240 g/mol. The smallest absolute Gasteiger partial charge is 0.138 e. The fraction of sp³-hybridized carbons (Fsp3) is 0.133. The zero-order valence-electron chi connectivity index (χ0n) is 10.4. The Hall–Kier alpha value is -1.74. The average molecular weight is 254 g/mol. The molecular formula is C15H14N2S. The Kier molecular flexibility index (Phi) is 2.84. The molecule has 0 saturated heterocycles. The van der Waals surface area contributed by atoms with Crippen molar-refractivity contribution in [2.24, 2.45) is 0 Å². The number of H-pyrrole nitrogens is 1. The summed E-state index contributed by atoms with van der Waals surface area (Å²) < 4.78 is 0. The quantitative estimate of drug-likeness (QED) is 0.692. The summed E-state index contributed by atoms with van der Waals surface area (Å²) in [6.45, 7) is 2.09. The van der Waals surface area contributed by atoms with Crippen molar-refractivity contribution in [2.45, 2.75) is 11.8 Å². The molecule has 0 aliphatic heterocycles. The van der Waals surface area contributed by atoms with Gasteiger partial charge in [0.2, 0.25) is 0 Å². The molecule has 2 nitrogen and oxygen atoms in total. The lowest BCUT2D eigenvalue weighted by atomic mass is 10.2. The summed E-state index contributed by atoms with van der Waals surface area (Å²) in [4.78, 5) is 9.26. The van der Waals surface area contributed by atoms with E-state index in [-0.39, 0.29) is 0 Å². The van der Waals surface area contributed by atoms with Crippen molar-refractivity contribution in [1.82, 2.24) is 9.97 Å². The van der Waals surface area contributed by atoms with Gasteiger partial charge in [0, 0.05) is 10.5 Å². The van der Waals surface area contributed by atoms with E-state index in [0.29, 0.717) is 0 Å². The number of aryl methyl sites for hydroxylation is 1. The SMILES string of the molecule is CSc1ccc(-c2nc3ccc(C)cc3[nH]2)cc1. The Morgan fingerprint density at radius 3 is 2.56 bits per heavy atom. The monoisotopic (exact) mass is 254 g/mol. The number of nitrogens with one attached hydrogen (secondary N) is 1. The van der Waals surface area contributed by atoms with Crippen molar-refractivity contribution in [3.05, 3.63) is 48.0 Å². The number of hydrogen-bond acceptors (Lipinski definition) is 2. The largest absolute Gasteiger partial charge is 0.338 e. The van der Waals surface area contributed by atoms with Crippen LogP contribution in [0.2, 0.25) is 0 Å². The van der Waals surface area contributed by atoms with Crippen LogP contribution in [0.3, 0.4) is 0 Å². The van der Waals surface area contributed by atoms with Gasteiger partial charge in [0.05, 0.1) is 11.0 Å². The zero-order chi connectivity index (χ0) is 12.5. The predicted molar refractivity (Wildman–Crippen MR) is 78.0 cm³/mol. The van der Waals surface area contributed by atoms with Gasteiger partial charge in [0.15, 0.2) is 0 Å². The maximum atomic E-state index is 4.62. The summed E-state index contributed by atoms with van der Waals surface area (Å²) in [5.74, 6) is 0.934. The fourth-order valence-corrected chi connectivity index (χ4v) is 2.42. The third-order valence-electron chi connectivity index (χ3n) is 3.00. The molecule has 1 aromatic heterocycles. The van der Waals surface area contributed by atoms with Crippen molar-refractivity contribution in [3.8, 4) is 11.4 Å². The summed E-state index contributed by atoms with van der Waals surface area (Å²) in [7, 11) is 0. The number of nitrogens with zero attached hydrogens (tertiary/aromatic N) is 1. The molecule has 0 radical (unpaired) electrons. The number of aromatic nitrogens is 2. The Labute approximate surface area is 110 Å². The van der Waals surface area contributed by atoms with Gasteiger partial charge in [-0.25, -0.2) is 4.98 Å². The number of aromatic amines is 1. The van der Waals surface area contributed by atoms with E-state index in [2.05, 4.69) is 65.6 Å². The van der Waals surface area contributed by atoms with E-state index in [4.69, 9.17) is 0 Å². The summed E-state index contributed by atoms with van der Waals surface area (Å²) >= 11 is 1.75. The maximum Gasteiger partial charge on any atom is 0.138 e. The molecule has 18 heavy (non-hydrogen) atoms. The first kappa shape index (κ1) is 11.4. The molecule has 0 fully saturated rings. The molecule has 0 atom stereocenters.